The first-order chi connectivity index (χ1) is 8.08. The third kappa shape index (κ3) is 2.39. The Morgan fingerprint density at radius 3 is 2.94 bits per heavy atom. The zero-order valence-electron chi connectivity index (χ0n) is 9.12. The summed E-state index contributed by atoms with van der Waals surface area (Å²) in [5.41, 5.74) is 7.05. The number of aryl methyl sites for hydroxylation is 1. The smallest absolute Gasteiger partial charge is 0.276 e. The number of nitrogens with zero attached hydrogens (tertiary/aromatic N) is 1. The van der Waals surface area contributed by atoms with Crippen molar-refractivity contribution in [2.45, 2.75) is 6.92 Å². The van der Waals surface area contributed by atoms with Crippen LogP contribution >= 0.6 is 11.6 Å². The molecule has 0 bridgehead atoms. The summed E-state index contributed by atoms with van der Waals surface area (Å²) in [5.74, 6) is 0.333. The lowest BCUT2D eigenvalue weighted by molar-refractivity contribution is 1.12. The summed E-state index contributed by atoms with van der Waals surface area (Å²) in [7, 11) is 0. The number of rotatable bonds is 2. The SMILES string of the molecule is Cc1cc(Cl)ccc1Nc1nc[nH]c(=O)c1N. The van der Waals surface area contributed by atoms with E-state index in [1.54, 1.807) is 12.1 Å². The molecule has 1 aromatic heterocycles. The van der Waals surface area contributed by atoms with Gasteiger partial charge < -0.3 is 16.0 Å². The van der Waals surface area contributed by atoms with Gasteiger partial charge in [-0.2, -0.15) is 0 Å². The second-order valence-electron chi connectivity index (χ2n) is 3.58. The number of aromatic amines is 1. The molecule has 17 heavy (non-hydrogen) atoms. The summed E-state index contributed by atoms with van der Waals surface area (Å²) in [5, 5.41) is 3.65. The molecule has 2 rings (SSSR count). The summed E-state index contributed by atoms with van der Waals surface area (Å²) >= 11 is 5.85. The van der Waals surface area contributed by atoms with E-state index in [-0.39, 0.29) is 11.2 Å². The van der Waals surface area contributed by atoms with E-state index in [9.17, 15) is 4.79 Å². The summed E-state index contributed by atoms with van der Waals surface area (Å²) in [6, 6.07) is 5.37. The normalized spacial score (nSPS) is 10.2. The summed E-state index contributed by atoms with van der Waals surface area (Å²) in [4.78, 5) is 17.7. The first-order valence-corrected chi connectivity index (χ1v) is 5.32. The van der Waals surface area contributed by atoms with Crippen LogP contribution in [0.25, 0.3) is 0 Å². The maximum absolute atomic E-state index is 11.3. The number of aromatic nitrogens is 2. The van der Waals surface area contributed by atoms with Crippen molar-refractivity contribution in [3.8, 4) is 0 Å². The first kappa shape index (κ1) is 11.5. The molecule has 0 unspecified atom stereocenters. The molecule has 0 radical (unpaired) electrons. The van der Waals surface area contributed by atoms with E-state index < -0.39 is 0 Å². The summed E-state index contributed by atoms with van der Waals surface area (Å²) in [6.07, 6.45) is 1.30. The van der Waals surface area contributed by atoms with Crippen LogP contribution in [0.5, 0.6) is 0 Å². The Balaban J connectivity index is 2.38. The number of hydrogen-bond acceptors (Lipinski definition) is 4. The third-order valence-corrected chi connectivity index (χ3v) is 2.57. The van der Waals surface area contributed by atoms with Crippen LogP contribution in [0.3, 0.4) is 0 Å². The lowest BCUT2D eigenvalue weighted by atomic mass is 10.2. The molecule has 2 aromatic rings. The predicted molar refractivity (Wildman–Crippen MR) is 68.7 cm³/mol. The van der Waals surface area contributed by atoms with Crippen LogP contribution < -0.4 is 16.6 Å². The van der Waals surface area contributed by atoms with Gasteiger partial charge in [-0.25, -0.2) is 4.98 Å². The van der Waals surface area contributed by atoms with Gasteiger partial charge in [0.2, 0.25) is 0 Å². The van der Waals surface area contributed by atoms with Gasteiger partial charge in [-0.1, -0.05) is 11.6 Å². The van der Waals surface area contributed by atoms with Crippen LogP contribution in [0, 0.1) is 6.92 Å². The minimum Gasteiger partial charge on any atom is -0.391 e. The van der Waals surface area contributed by atoms with Gasteiger partial charge in [0.25, 0.3) is 5.56 Å². The second kappa shape index (κ2) is 4.47. The zero-order chi connectivity index (χ0) is 12.4. The quantitative estimate of drug-likeness (QED) is 0.762. The van der Waals surface area contributed by atoms with E-state index in [4.69, 9.17) is 17.3 Å². The van der Waals surface area contributed by atoms with Gasteiger partial charge in [-0.05, 0) is 30.7 Å². The number of nitrogen functional groups attached to an aromatic ring is 1. The van der Waals surface area contributed by atoms with E-state index >= 15 is 0 Å². The van der Waals surface area contributed by atoms with Crippen molar-refractivity contribution in [2.75, 3.05) is 11.1 Å². The van der Waals surface area contributed by atoms with E-state index in [2.05, 4.69) is 15.3 Å². The van der Waals surface area contributed by atoms with Crippen molar-refractivity contribution in [1.29, 1.82) is 0 Å². The Labute approximate surface area is 103 Å². The highest BCUT2D eigenvalue weighted by Gasteiger charge is 2.06. The summed E-state index contributed by atoms with van der Waals surface area (Å²) < 4.78 is 0. The van der Waals surface area contributed by atoms with Gasteiger partial charge in [-0.3, -0.25) is 4.79 Å². The Morgan fingerprint density at radius 1 is 1.47 bits per heavy atom. The maximum atomic E-state index is 11.3. The van der Waals surface area contributed by atoms with Crippen LogP contribution in [-0.4, -0.2) is 9.97 Å². The van der Waals surface area contributed by atoms with E-state index in [0.29, 0.717) is 10.8 Å². The standard InChI is InChI=1S/C11H11ClN4O/c1-6-4-7(12)2-3-8(6)16-10-9(13)11(17)15-5-14-10/h2-5H,13H2,1H3,(H2,14,15,16,17). The molecule has 88 valence electrons. The van der Waals surface area contributed by atoms with Crippen molar-refractivity contribution in [2.24, 2.45) is 0 Å². The maximum Gasteiger partial charge on any atom is 0.276 e. The van der Waals surface area contributed by atoms with Gasteiger partial charge in [0.15, 0.2) is 5.82 Å². The second-order valence-corrected chi connectivity index (χ2v) is 4.01. The fourth-order valence-electron chi connectivity index (χ4n) is 1.40. The number of nitrogens with one attached hydrogen (secondary N) is 2. The van der Waals surface area contributed by atoms with Crippen LogP contribution in [0.15, 0.2) is 29.3 Å². The van der Waals surface area contributed by atoms with E-state index in [1.807, 2.05) is 13.0 Å². The highest BCUT2D eigenvalue weighted by atomic mass is 35.5. The molecule has 6 heteroatoms. The van der Waals surface area contributed by atoms with Crippen LogP contribution in [0.4, 0.5) is 17.2 Å². The molecule has 0 aliphatic rings. The highest BCUT2D eigenvalue weighted by molar-refractivity contribution is 6.30. The molecule has 1 heterocycles. The molecule has 0 atom stereocenters. The highest BCUT2D eigenvalue weighted by Crippen LogP contribution is 2.23. The van der Waals surface area contributed by atoms with Gasteiger partial charge in [0.1, 0.15) is 5.69 Å². The molecule has 0 saturated heterocycles. The topological polar surface area (TPSA) is 83.8 Å². The van der Waals surface area contributed by atoms with Gasteiger partial charge >= 0.3 is 0 Å². The Kier molecular flexibility index (Phi) is 3.01. The van der Waals surface area contributed by atoms with Crippen molar-refractivity contribution in [3.05, 3.63) is 45.5 Å². The van der Waals surface area contributed by atoms with Crippen LogP contribution in [0.2, 0.25) is 5.02 Å². The lowest BCUT2D eigenvalue weighted by Crippen LogP contribution is -2.14. The number of nitrogens with two attached hydrogens (primary N) is 1. The number of benzene rings is 1. The van der Waals surface area contributed by atoms with Gasteiger partial charge in [0.05, 0.1) is 6.33 Å². The minimum atomic E-state index is -0.367. The molecule has 4 N–H and O–H groups in total. The monoisotopic (exact) mass is 250 g/mol. The number of hydrogen-bond donors (Lipinski definition) is 3. The molecule has 0 aliphatic heterocycles. The Morgan fingerprint density at radius 2 is 2.24 bits per heavy atom. The van der Waals surface area contributed by atoms with E-state index in [1.165, 1.54) is 6.33 Å². The largest absolute Gasteiger partial charge is 0.391 e. The Hall–Kier alpha value is -2.01. The van der Waals surface area contributed by atoms with Crippen LogP contribution in [-0.2, 0) is 0 Å². The molecule has 5 nitrogen and oxygen atoms in total. The van der Waals surface area contributed by atoms with Gasteiger partial charge in [-0.15, -0.1) is 0 Å². The first-order valence-electron chi connectivity index (χ1n) is 4.94. The minimum absolute atomic E-state index is 0.0573. The van der Waals surface area contributed by atoms with Crippen molar-refractivity contribution in [3.63, 3.8) is 0 Å². The van der Waals surface area contributed by atoms with Gasteiger partial charge in [0, 0.05) is 10.7 Å². The molecule has 0 saturated carbocycles. The molecule has 0 amide bonds. The number of halogens is 1. The predicted octanol–water partition coefficient (Wildman–Crippen LogP) is 2.06. The molecule has 0 spiro atoms. The zero-order valence-corrected chi connectivity index (χ0v) is 9.88. The molecule has 0 fully saturated rings. The fraction of sp³-hybridized carbons (Fsp3) is 0.0909. The molecule has 0 aliphatic carbocycles. The lowest BCUT2D eigenvalue weighted by Gasteiger charge is -2.10. The van der Waals surface area contributed by atoms with Crippen molar-refractivity contribution >= 4 is 28.8 Å². The molecular weight excluding hydrogens is 240 g/mol. The van der Waals surface area contributed by atoms with Crippen molar-refractivity contribution < 1.29 is 0 Å². The molecule has 1 aromatic carbocycles. The van der Waals surface area contributed by atoms with Crippen LogP contribution in [0.1, 0.15) is 5.56 Å². The Bertz CT molecular complexity index is 609. The number of H-pyrrole nitrogens is 1. The fourth-order valence-corrected chi connectivity index (χ4v) is 1.63. The average molecular weight is 251 g/mol. The average Bonchev–Trinajstić information content (AvgIpc) is 2.28. The number of anilines is 3. The van der Waals surface area contributed by atoms with Crippen molar-refractivity contribution in [1.82, 2.24) is 9.97 Å². The van der Waals surface area contributed by atoms with E-state index in [0.717, 1.165) is 11.3 Å². The third-order valence-electron chi connectivity index (χ3n) is 2.33. The summed E-state index contributed by atoms with van der Waals surface area (Å²) in [6.45, 7) is 1.90. The molecular formula is C11H11ClN4O.